The summed E-state index contributed by atoms with van der Waals surface area (Å²) in [6.45, 7) is -0.165. The maximum absolute atomic E-state index is 13.5. The summed E-state index contributed by atoms with van der Waals surface area (Å²) in [6.07, 6.45) is 1.96. The van der Waals surface area contributed by atoms with Gasteiger partial charge >= 0.3 is 0 Å². The van der Waals surface area contributed by atoms with E-state index in [-0.39, 0.29) is 24.1 Å². The first-order valence-electron chi connectivity index (χ1n) is 10.7. The van der Waals surface area contributed by atoms with Gasteiger partial charge in [0, 0.05) is 6.42 Å². The average Bonchev–Trinajstić information content (AvgIpc) is 3.56. The van der Waals surface area contributed by atoms with E-state index in [1.165, 1.54) is 15.9 Å². The first kappa shape index (κ1) is 21.8. The number of carbonyl (C=O) groups is 1. The highest BCUT2D eigenvalue weighted by Crippen LogP contribution is 2.38. The SMILES string of the molecule is COc1ccc(C2CC(c3cccs3)=NN2C(=O)Cn2cnc3ccccc3c2=O)cc1OC. The molecule has 5 rings (SSSR count). The number of hydrazone groups is 1. The summed E-state index contributed by atoms with van der Waals surface area (Å²) in [6, 6.07) is 16.3. The molecule has 1 aliphatic heterocycles. The molecule has 0 fully saturated rings. The Bertz CT molecular complexity index is 1450. The first-order valence-corrected chi connectivity index (χ1v) is 11.6. The van der Waals surface area contributed by atoms with Gasteiger partial charge in [-0.1, -0.05) is 24.3 Å². The Morgan fingerprint density at radius 1 is 1.09 bits per heavy atom. The number of ether oxygens (including phenoxy) is 2. The van der Waals surface area contributed by atoms with Gasteiger partial charge in [-0.15, -0.1) is 11.3 Å². The maximum atomic E-state index is 13.5. The lowest BCUT2D eigenvalue weighted by molar-refractivity contribution is -0.133. The third kappa shape index (κ3) is 3.94. The number of thiophene rings is 1. The lowest BCUT2D eigenvalue weighted by atomic mass is 10.0. The second-order valence-corrected chi connectivity index (χ2v) is 8.74. The molecular formula is C25H22N4O4S. The molecule has 8 nitrogen and oxygen atoms in total. The van der Waals surface area contributed by atoms with Crippen LogP contribution in [0.25, 0.3) is 10.9 Å². The molecule has 0 saturated heterocycles. The molecule has 0 radical (unpaired) electrons. The minimum absolute atomic E-state index is 0.165. The van der Waals surface area contributed by atoms with Crippen LogP contribution in [0, 0.1) is 0 Å². The summed E-state index contributed by atoms with van der Waals surface area (Å²) >= 11 is 1.57. The molecule has 1 unspecified atom stereocenters. The van der Waals surface area contributed by atoms with E-state index >= 15 is 0 Å². The van der Waals surface area contributed by atoms with Crippen molar-refractivity contribution in [3.63, 3.8) is 0 Å². The van der Waals surface area contributed by atoms with Crippen molar-refractivity contribution in [1.82, 2.24) is 14.6 Å². The minimum Gasteiger partial charge on any atom is -0.493 e. The summed E-state index contributed by atoms with van der Waals surface area (Å²) in [5.41, 5.74) is 2.03. The molecule has 2 aromatic carbocycles. The molecule has 0 spiro atoms. The minimum atomic E-state index is -0.339. The number of rotatable bonds is 6. The van der Waals surface area contributed by atoms with E-state index in [0.717, 1.165) is 16.2 Å². The van der Waals surface area contributed by atoms with Crippen LogP contribution in [0.2, 0.25) is 0 Å². The van der Waals surface area contributed by atoms with Crippen molar-refractivity contribution < 1.29 is 14.3 Å². The molecule has 0 saturated carbocycles. The average molecular weight is 475 g/mol. The molecule has 0 bridgehead atoms. The topological polar surface area (TPSA) is 86.0 Å². The molecule has 0 N–H and O–H groups in total. The number of carbonyl (C=O) groups excluding carboxylic acids is 1. The van der Waals surface area contributed by atoms with E-state index in [0.29, 0.717) is 28.8 Å². The number of nitrogens with zero attached hydrogens (tertiary/aromatic N) is 4. The van der Waals surface area contributed by atoms with Crippen LogP contribution in [0.5, 0.6) is 11.5 Å². The largest absolute Gasteiger partial charge is 0.493 e. The van der Waals surface area contributed by atoms with E-state index in [4.69, 9.17) is 9.47 Å². The molecule has 0 aliphatic carbocycles. The predicted octanol–water partition coefficient (Wildman–Crippen LogP) is 3.85. The molecule has 4 aromatic rings. The maximum Gasteiger partial charge on any atom is 0.263 e. The van der Waals surface area contributed by atoms with Crippen LogP contribution in [0.1, 0.15) is 22.9 Å². The standard InChI is InChI=1S/C25H22N4O4S/c1-32-21-10-9-16(12-22(21)33-2)20-13-19(23-8-5-11-34-23)27-29(20)24(30)14-28-15-26-18-7-4-3-6-17(18)25(28)31/h3-12,15,20H,13-14H2,1-2H3. The number of amides is 1. The second-order valence-electron chi connectivity index (χ2n) is 7.79. The summed E-state index contributed by atoms with van der Waals surface area (Å²) in [5.74, 6) is 0.882. The van der Waals surface area contributed by atoms with E-state index in [1.54, 1.807) is 43.8 Å². The number of para-hydroxylation sites is 1. The van der Waals surface area contributed by atoms with E-state index < -0.39 is 0 Å². The Morgan fingerprint density at radius 3 is 2.68 bits per heavy atom. The van der Waals surface area contributed by atoms with Crippen molar-refractivity contribution in [2.45, 2.75) is 19.0 Å². The van der Waals surface area contributed by atoms with Gasteiger partial charge in [-0.05, 0) is 41.3 Å². The predicted molar refractivity (Wildman–Crippen MR) is 131 cm³/mol. The van der Waals surface area contributed by atoms with Crippen molar-refractivity contribution in [3.8, 4) is 11.5 Å². The number of methoxy groups -OCH3 is 2. The molecule has 2 aromatic heterocycles. The Morgan fingerprint density at radius 2 is 1.91 bits per heavy atom. The second kappa shape index (κ2) is 9.11. The quantitative estimate of drug-likeness (QED) is 0.424. The van der Waals surface area contributed by atoms with Crippen molar-refractivity contribution in [3.05, 3.63) is 87.1 Å². The monoisotopic (exact) mass is 474 g/mol. The fraction of sp³-hybridized carbons (Fsp3) is 0.200. The Hall–Kier alpha value is -3.98. The van der Waals surface area contributed by atoms with Crippen LogP contribution >= 0.6 is 11.3 Å². The van der Waals surface area contributed by atoms with Crippen molar-refractivity contribution in [2.24, 2.45) is 5.10 Å². The number of hydrogen-bond acceptors (Lipinski definition) is 7. The fourth-order valence-corrected chi connectivity index (χ4v) is 4.81. The van der Waals surface area contributed by atoms with Gasteiger partial charge in [-0.3, -0.25) is 14.2 Å². The molecule has 34 heavy (non-hydrogen) atoms. The Kier molecular flexibility index (Phi) is 5.85. The van der Waals surface area contributed by atoms with Gasteiger partial charge in [0.1, 0.15) is 6.54 Å². The lowest BCUT2D eigenvalue weighted by Gasteiger charge is -2.23. The van der Waals surface area contributed by atoms with E-state index in [9.17, 15) is 9.59 Å². The summed E-state index contributed by atoms with van der Waals surface area (Å²) in [5, 5.41) is 8.60. The number of fused-ring (bicyclic) bond motifs is 1. The van der Waals surface area contributed by atoms with Gasteiger partial charge in [0.25, 0.3) is 11.5 Å². The van der Waals surface area contributed by atoms with E-state index in [2.05, 4.69) is 10.1 Å². The van der Waals surface area contributed by atoms with Crippen molar-refractivity contribution in [2.75, 3.05) is 14.2 Å². The smallest absolute Gasteiger partial charge is 0.263 e. The molecule has 1 amide bonds. The third-order valence-corrected chi connectivity index (χ3v) is 6.72. The summed E-state index contributed by atoms with van der Waals surface area (Å²) < 4.78 is 12.2. The summed E-state index contributed by atoms with van der Waals surface area (Å²) in [7, 11) is 3.15. The van der Waals surface area contributed by atoms with Gasteiger partial charge in [0.05, 0.1) is 48.1 Å². The van der Waals surface area contributed by atoms with Crippen LogP contribution in [0.15, 0.2) is 76.2 Å². The van der Waals surface area contributed by atoms with Crippen LogP contribution in [0.4, 0.5) is 0 Å². The van der Waals surface area contributed by atoms with Crippen molar-refractivity contribution >= 4 is 33.9 Å². The van der Waals surface area contributed by atoms with Gasteiger partial charge < -0.3 is 9.47 Å². The van der Waals surface area contributed by atoms with E-state index in [1.807, 2.05) is 41.8 Å². The number of aromatic nitrogens is 2. The highest BCUT2D eigenvalue weighted by molar-refractivity contribution is 7.12. The molecule has 9 heteroatoms. The van der Waals surface area contributed by atoms with Crippen LogP contribution in [-0.2, 0) is 11.3 Å². The molecule has 3 heterocycles. The Balaban J connectivity index is 1.50. The Labute approximate surface area is 199 Å². The zero-order chi connectivity index (χ0) is 23.7. The van der Waals surface area contributed by atoms with Crippen LogP contribution in [-0.4, -0.2) is 40.4 Å². The van der Waals surface area contributed by atoms with Gasteiger partial charge in [0.2, 0.25) is 0 Å². The fourth-order valence-electron chi connectivity index (χ4n) is 4.09. The van der Waals surface area contributed by atoms with Gasteiger partial charge in [0.15, 0.2) is 11.5 Å². The van der Waals surface area contributed by atoms with Crippen LogP contribution in [0.3, 0.4) is 0 Å². The highest BCUT2D eigenvalue weighted by Gasteiger charge is 2.34. The van der Waals surface area contributed by atoms with Crippen molar-refractivity contribution in [1.29, 1.82) is 0 Å². The zero-order valence-corrected chi connectivity index (χ0v) is 19.5. The zero-order valence-electron chi connectivity index (χ0n) is 18.7. The molecular weight excluding hydrogens is 452 g/mol. The number of hydrogen-bond donors (Lipinski definition) is 0. The molecule has 172 valence electrons. The number of benzene rings is 2. The normalized spacial score (nSPS) is 15.4. The molecule has 1 atom stereocenters. The third-order valence-electron chi connectivity index (χ3n) is 5.80. The molecule has 1 aliphatic rings. The highest BCUT2D eigenvalue weighted by atomic mass is 32.1. The van der Waals surface area contributed by atoms with Gasteiger partial charge in [-0.25, -0.2) is 9.99 Å². The van der Waals surface area contributed by atoms with Gasteiger partial charge in [-0.2, -0.15) is 5.10 Å². The van der Waals surface area contributed by atoms with Crippen LogP contribution < -0.4 is 15.0 Å². The summed E-state index contributed by atoms with van der Waals surface area (Å²) in [4.78, 5) is 31.7. The first-order chi connectivity index (χ1) is 16.6. The lowest BCUT2D eigenvalue weighted by Crippen LogP contribution is -2.34.